The quantitative estimate of drug-likeness (QED) is 0.633. The fourth-order valence-corrected chi connectivity index (χ4v) is 2.11. The molecule has 0 aliphatic rings. The Morgan fingerprint density at radius 3 is 2.85 bits per heavy atom. The summed E-state index contributed by atoms with van der Waals surface area (Å²) in [6.07, 6.45) is 4.89. The van der Waals surface area contributed by atoms with Crippen molar-refractivity contribution in [1.82, 2.24) is 4.98 Å². The van der Waals surface area contributed by atoms with Crippen molar-refractivity contribution in [3.05, 3.63) is 41.6 Å². The molecule has 0 spiro atoms. The normalized spacial score (nSPS) is 10.9. The van der Waals surface area contributed by atoms with Gasteiger partial charge in [0.05, 0.1) is 19.2 Å². The molecule has 1 aromatic carbocycles. The zero-order valence-corrected chi connectivity index (χ0v) is 11.8. The van der Waals surface area contributed by atoms with Crippen molar-refractivity contribution in [2.45, 2.75) is 13.8 Å². The number of hydrogen-bond acceptors (Lipinski definition) is 4. The van der Waals surface area contributed by atoms with Crippen molar-refractivity contribution in [2.24, 2.45) is 0 Å². The van der Waals surface area contributed by atoms with Crippen LogP contribution in [0, 0.1) is 6.92 Å². The summed E-state index contributed by atoms with van der Waals surface area (Å²) >= 11 is 0. The lowest BCUT2D eigenvalue weighted by atomic mass is 10.0. The Kier molecular flexibility index (Phi) is 4.35. The van der Waals surface area contributed by atoms with Crippen LogP contribution in [0.2, 0.25) is 0 Å². The maximum Gasteiger partial charge on any atom is 0.330 e. The van der Waals surface area contributed by atoms with Gasteiger partial charge in [0.2, 0.25) is 0 Å². The molecule has 0 radical (unpaired) electrons. The highest BCUT2D eigenvalue weighted by Gasteiger charge is 2.09. The van der Waals surface area contributed by atoms with E-state index in [0.29, 0.717) is 12.4 Å². The predicted octanol–water partition coefficient (Wildman–Crippen LogP) is 3.13. The molecule has 1 heterocycles. The molecule has 0 bridgehead atoms. The fourth-order valence-electron chi connectivity index (χ4n) is 2.11. The summed E-state index contributed by atoms with van der Waals surface area (Å²) in [5.74, 6) is 0.335. The monoisotopic (exact) mass is 271 g/mol. The van der Waals surface area contributed by atoms with Crippen LogP contribution in [0.25, 0.3) is 17.0 Å². The smallest absolute Gasteiger partial charge is 0.330 e. The Morgan fingerprint density at radius 1 is 1.35 bits per heavy atom. The Balaban J connectivity index is 2.56. The van der Waals surface area contributed by atoms with E-state index in [-0.39, 0.29) is 5.97 Å². The summed E-state index contributed by atoms with van der Waals surface area (Å²) in [4.78, 5) is 15.8. The van der Waals surface area contributed by atoms with Crippen molar-refractivity contribution in [1.29, 1.82) is 0 Å². The Morgan fingerprint density at radius 2 is 2.15 bits per heavy atom. The number of rotatable bonds is 4. The summed E-state index contributed by atoms with van der Waals surface area (Å²) in [6.45, 7) is 4.14. The highest BCUT2D eigenvalue weighted by Crippen LogP contribution is 2.30. The minimum Gasteiger partial charge on any atom is -0.496 e. The third kappa shape index (κ3) is 2.79. The van der Waals surface area contributed by atoms with E-state index in [1.807, 2.05) is 25.1 Å². The Bertz CT molecular complexity index is 662. The molecule has 4 heteroatoms. The zero-order valence-electron chi connectivity index (χ0n) is 11.8. The van der Waals surface area contributed by atoms with Crippen LogP contribution >= 0.6 is 0 Å². The molecule has 4 nitrogen and oxygen atoms in total. The Labute approximate surface area is 118 Å². The highest BCUT2D eigenvalue weighted by molar-refractivity contribution is 5.96. The second-order valence-electron chi connectivity index (χ2n) is 4.29. The molecule has 0 N–H and O–H groups in total. The molecule has 0 amide bonds. The van der Waals surface area contributed by atoms with Gasteiger partial charge in [0.25, 0.3) is 0 Å². The number of aromatic nitrogens is 1. The second-order valence-corrected chi connectivity index (χ2v) is 4.29. The second kappa shape index (κ2) is 6.19. The van der Waals surface area contributed by atoms with E-state index in [0.717, 1.165) is 22.0 Å². The van der Waals surface area contributed by atoms with Crippen LogP contribution in [0.3, 0.4) is 0 Å². The molecule has 104 valence electrons. The lowest BCUT2D eigenvalue weighted by molar-refractivity contribution is -0.137. The molecule has 0 atom stereocenters. The summed E-state index contributed by atoms with van der Waals surface area (Å²) < 4.78 is 10.3. The van der Waals surface area contributed by atoms with Gasteiger partial charge in [-0.2, -0.15) is 0 Å². The minimum absolute atomic E-state index is 0.358. The van der Waals surface area contributed by atoms with Crippen LogP contribution in [0.4, 0.5) is 0 Å². The van der Waals surface area contributed by atoms with Gasteiger partial charge in [-0.15, -0.1) is 0 Å². The largest absolute Gasteiger partial charge is 0.496 e. The van der Waals surface area contributed by atoms with E-state index in [2.05, 4.69) is 4.98 Å². The first-order valence-electron chi connectivity index (χ1n) is 6.44. The predicted molar refractivity (Wildman–Crippen MR) is 78.7 cm³/mol. The summed E-state index contributed by atoms with van der Waals surface area (Å²) in [5.41, 5.74) is 2.79. The number of hydrogen-bond donors (Lipinski definition) is 0. The number of aryl methyl sites for hydroxylation is 1. The lowest BCUT2D eigenvalue weighted by Gasteiger charge is -2.10. The van der Waals surface area contributed by atoms with Crippen LogP contribution in [0.5, 0.6) is 5.75 Å². The van der Waals surface area contributed by atoms with E-state index in [1.54, 1.807) is 26.3 Å². The van der Waals surface area contributed by atoms with Gasteiger partial charge in [0.15, 0.2) is 0 Å². The maximum absolute atomic E-state index is 11.5. The summed E-state index contributed by atoms with van der Waals surface area (Å²) in [7, 11) is 1.61. The number of fused-ring (bicyclic) bond motifs is 1. The van der Waals surface area contributed by atoms with Crippen molar-refractivity contribution in [3.8, 4) is 5.75 Å². The Hall–Kier alpha value is -2.36. The molecule has 0 fully saturated rings. The number of carbonyl (C=O) groups excluding carboxylic acids is 1. The van der Waals surface area contributed by atoms with Gasteiger partial charge >= 0.3 is 5.97 Å². The van der Waals surface area contributed by atoms with Gasteiger partial charge < -0.3 is 9.47 Å². The van der Waals surface area contributed by atoms with Crippen molar-refractivity contribution in [2.75, 3.05) is 13.7 Å². The van der Waals surface area contributed by atoms with Gasteiger partial charge in [-0.05, 0) is 43.7 Å². The van der Waals surface area contributed by atoms with E-state index in [1.165, 1.54) is 6.08 Å². The average Bonchev–Trinajstić information content (AvgIpc) is 2.45. The van der Waals surface area contributed by atoms with Gasteiger partial charge in [0, 0.05) is 23.2 Å². The number of ether oxygens (including phenoxy) is 2. The first-order valence-corrected chi connectivity index (χ1v) is 6.44. The van der Waals surface area contributed by atoms with E-state index < -0.39 is 0 Å². The number of methoxy groups -OCH3 is 1. The van der Waals surface area contributed by atoms with E-state index in [4.69, 9.17) is 9.47 Å². The maximum atomic E-state index is 11.5. The number of carbonyl (C=O) groups is 1. The molecule has 20 heavy (non-hydrogen) atoms. The van der Waals surface area contributed by atoms with Crippen LogP contribution in [-0.2, 0) is 9.53 Å². The third-order valence-electron chi connectivity index (χ3n) is 3.01. The van der Waals surface area contributed by atoms with Crippen LogP contribution in [0.15, 0.2) is 30.5 Å². The van der Waals surface area contributed by atoms with Gasteiger partial charge in [-0.25, -0.2) is 4.79 Å². The van der Waals surface area contributed by atoms with E-state index in [9.17, 15) is 4.79 Å². The molecular weight excluding hydrogens is 254 g/mol. The molecule has 1 aromatic heterocycles. The topological polar surface area (TPSA) is 48.4 Å². The van der Waals surface area contributed by atoms with Crippen molar-refractivity contribution >= 4 is 22.9 Å². The SMILES string of the molecule is CCOC(=O)/C=C/c1c(OC)ccc2nccc(C)c12. The first-order chi connectivity index (χ1) is 9.67. The standard InChI is InChI=1S/C16H17NO3/c1-4-20-15(18)8-5-12-14(19-3)7-6-13-16(12)11(2)9-10-17-13/h5-10H,4H2,1-3H3/b8-5+. The first kappa shape index (κ1) is 14.1. The number of nitrogens with zero attached hydrogens (tertiary/aromatic N) is 1. The fraction of sp³-hybridized carbons (Fsp3) is 0.250. The van der Waals surface area contributed by atoms with Crippen LogP contribution < -0.4 is 4.74 Å². The average molecular weight is 271 g/mol. The highest BCUT2D eigenvalue weighted by atomic mass is 16.5. The van der Waals surface area contributed by atoms with Crippen LogP contribution in [-0.4, -0.2) is 24.7 Å². The van der Waals surface area contributed by atoms with E-state index >= 15 is 0 Å². The number of esters is 1. The third-order valence-corrected chi connectivity index (χ3v) is 3.01. The molecule has 2 aromatic rings. The lowest BCUT2D eigenvalue weighted by Crippen LogP contribution is -1.99. The molecule has 0 aliphatic carbocycles. The molecule has 0 saturated heterocycles. The van der Waals surface area contributed by atoms with Crippen molar-refractivity contribution in [3.63, 3.8) is 0 Å². The molecule has 2 rings (SSSR count). The summed E-state index contributed by atoms with van der Waals surface area (Å²) in [5, 5.41) is 0.979. The number of pyridine rings is 1. The van der Waals surface area contributed by atoms with Crippen molar-refractivity contribution < 1.29 is 14.3 Å². The number of benzene rings is 1. The summed E-state index contributed by atoms with van der Waals surface area (Å²) in [6, 6.07) is 5.69. The zero-order chi connectivity index (χ0) is 14.5. The molecule has 0 saturated carbocycles. The minimum atomic E-state index is -0.368. The van der Waals surface area contributed by atoms with Gasteiger partial charge in [-0.3, -0.25) is 4.98 Å². The van der Waals surface area contributed by atoms with Crippen LogP contribution in [0.1, 0.15) is 18.1 Å². The van der Waals surface area contributed by atoms with Gasteiger partial charge in [-0.1, -0.05) is 0 Å². The molecule has 0 aliphatic heterocycles. The molecule has 0 unspecified atom stereocenters. The molecular formula is C16H17NO3. The van der Waals surface area contributed by atoms with Gasteiger partial charge in [0.1, 0.15) is 5.75 Å².